The Morgan fingerprint density at radius 2 is 1.95 bits per heavy atom. The van der Waals surface area contributed by atoms with Gasteiger partial charge in [-0.25, -0.2) is 0 Å². The van der Waals surface area contributed by atoms with Gasteiger partial charge in [0.15, 0.2) is 0 Å². The first-order valence-corrected chi connectivity index (χ1v) is 7.63. The zero-order valence-corrected chi connectivity index (χ0v) is 12.9. The van der Waals surface area contributed by atoms with Crippen LogP contribution in [0.5, 0.6) is 5.75 Å². The van der Waals surface area contributed by atoms with Crippen LogP contribution in [0, 0.1) is 6.92 Å². The zero-order chi connectivity index (χ0) is 14.1. The van der Waals surface area contributed by atoms with Crippen LogP contribution in [0.25, 0.3) is 0 Å². The van der Waals surface area contributed by atoms with E-state index in [4.69, 9.17) is 4.74 Å². The monoisotopic (exact) mass is 332 g/mol. The second-order valence-corrected chi connectivity index (χ2v) is 6.27. The minimum atomic E-state index is -0.631. The molecule has 1 unspecified atom stereocenters. The van der Waals surface area contributed by atoms with Gasteiger partial charge in [-0.15, -0.1) is 0 Å². The lowest BCUT2D eigenvalue weighted by molar-refractivity contribution is 0.219. The Morgan fingerprint density at radius 3 is 2.65 bits per heavy atom. The summed E-state index contributed by atoms with van der Waals surface area (Å²) in [6.45, 7) is 2.02. The molecule has 3 rings (SSSR count). The molecule has 1 aliphatic rings. The van der Waals surface area contributed by atoms with Gasteiger partial charge in [-0.2, -0.15) is 0 Å². The highest BCUT2D eigenvalue weighted by atomic mass is 79.9. The largest absolute Gasteiger partial charge is 0.490 e. The Morgan fingerprint density at radius 1 is 1.15 bits per heavy atom. The molecule has 20 heavy (non-hydrogen) atoms. The van der Waals surface area contributed by atoms with E-state index in [0.29, 0.717) is 6.10 Å². The van der Waals surface area contributed by atoms with E-state index in [0.717, 1.165) is 39.8 Å². The first kappa shape index (κ1) is 13.7. The van der Waals surface area contributed by atoms with E-state index in [-0.39, 0.29) is 0 Å². The maximum Gasteiger partial charge on any atom is 0.120 e. The van der Waals surface area contributed by atoms with E-state index < -0.39 is 6.10 Å². The number of hydrogen-bond acceptors (Lipinski definition) is 2. The summed E-state index contributed by atoms with van der Waals surface area (Å²) in [5, 5.41) is 10.5. The number of halogens is 1. The molecular formula is C17H17BrO2. The predicted molar refractivity (Wildman–Crippen MR) is 83.0 cm³/mol. The van der Waals surface area contributed by atoms with Gasteiger partial charge in [-0.05, 0) is 60.7 Å². The third-order valence-corrected chi connectivity index (χ3v) is 3.84. The normalized spacial score (nSPS) is 15.9. The summed E-state index contributed by atoms with van der Waals surface area (Å²) >= 11 is 3.47. The maximum atomic E-state index is 10.5. The summed E-state index contributed by atoms with van der Waals surface area (Å²) in [5.41, 5.74) is 2.87. The molecule has 1 aliphatic carbocycles. The minimum Gasteiger partial charge on any atom is -0.490 e. The Balaban J connectivity index is 1.86. The Hall–Kier alpha value is -1.32. The van der Waals surface area contributed by atoms with Crippen LogP contribution < -0.4 is 4.74 Å². The van der Waals surface area contributed by atoms with Crippen molar-refractivity contribution < 1.29 is 9.84 Å². The average Bonchev–Trinajstić information content (AvgIpc) is 3.21. The number of aliphatic hydroxyl groups is 1. The van der Waals surface area contributed by atoms with E-state index >= 15 is 0 Å². The number of hydrogen-bond donors (Lipinski definition) is 1. The molecule has 3 heteroatoms. The van der Waals surface area contributed by atoms with E-state index in [1.807, 2.05) is 49.4 Å². The number of aryl methyl sites for hydroxylation is 1. The van der Waals surface area contributed by atoms with Gasteiger partial charge in [-0.3, -0.25) is 0 Å². The van der Waals surface area contributed by atoms with Crippen molar-refractivity contribution in [1.29, 1.82) is 0 Å². The summed E-state index contributed by atoms with van der Waals surface area (Å²) in [5.74, 6) is 0.843. The smallest absolute Gasteiger partial charge is 0.120 e. The van der Waals surface area contributed by atoms with Crippen molar-refractivity contribution in [2.75, 3.05) is 0 Å². The number of ether oxygens (including phenoxy) is 1. The van der Waals surface area contributed by atoms with Crippen LogP contribution in [0.2, 0.25) is 0 Å². The molecule has 0 aliphatic heterocycles. The summed E-state index contributed by atoms with van der Waals surface area (Å²) in [4.78, 5) is 0. The van der Waals surface area contributed by atoms with Crippen LogP contribution >= 0.6 is 15.9 Å². The highest BCUT2D eigenvalue weighted by Gasteiger charge is 2.23. The van der Waals surface area contributed by atoms with Crippen molar-refractivity contribution in [2.24, 2.45) is 0 Å². The molecule has 2 nitrogen and oxygen atoms in total. The summed E-state index contributed by atoms with van der Waals surface area (Å²) in [7, 11) is 0. The summed E-state index contributed by atoms with van der Waals surface area (Å²) in [6.07, 6.45) is 2.01. The molecule has 0 heterocycles. The van der Waals surface area contributed by atoms with E-state index in [2.05, 4.69) is 15.9 Å². The standard InChI is InChI=1S/C17H17BrO2/c1-11-7-13(9-14(18)8-11)17(19)12-3-2-4-16(10-12)20-15-5-6-15/h2-4,7-10,15,17,19H,5-6H2,1H3. The fourth-order valence-corrected chi connectivity index (χ4v) is 2.88. The van der Waals surface area contributed by atoms with Crippen LogP contribution in [0.1, 0.15) is 35.6 Å². The molecule has 0 spiro atoms. The molecule has 2 aromatic rings. The molecule has 1 saturated carbocycles. The minimum absolute atomic E-state index is 0.371. The van der Waals surface area contributed by atoms with Crippen molar-refractivity contribution >= 4 is 15.9 Å². The molecule has 0 aromatic heterocycles. The Bertz CT molecular complexity index is 600. The number of benzene rings is 2. The molecular weight excluding hydrogens is 316 g/mol. The first-order valence-electron chi connectivity index (χ1n) is 6.83. The zero-order valence-electron chi connectivity index (χ0n) is 11.3. The third kappa shape index (κ3) is 3.22. The topological polar surface area (TPSA) is 29.5 Å². The molecule has 104 valence electrons. The quantitative estimate of drug-likeness (QED) is 0.900. The van der Waals surface area contributed by atoms with E-state index in [9.17, 15) is 5.11 Å². The number of aliphatic hydroxyl groups excluding tert-OH is 1. The molecule has 1 atom stereocenters. The van der Waals surface area contributed by atoms with Crippen LogP contribution in [0.15, 0.2) is 46.9 Å². The maximum absolute atomic E-state index is 10.5. The second-order valence-electron chi connectivity index (χ2n) is 5.35. The Labute approximate surface area is 127 Å². The van der Waals surface area contributed by atoms with E-state index in [1.54, 1.807) is 0 Å². The van der Waals surface area contributed by atoms with Crippen molar-refractivity contribution in [1.82, 2.24) is 0 Å². The fraction of sp³-hybridized carbons (Fsp3) is 0.294. The fourth-order valence-electron chi connectivity index (χ4n) is 2.25. The molecule has 1 fully saturated rings. The van der Waals surface area contributed by atoms with Crippen molar-refractivity contribution in [3.05, 3.63) is 63.6 Å². The van der Waals surface area contributed by atoms with Crippen LogP contribution in [-0.2, 0) is 0 Å². The van der Waals surface area contributed by atoms with Gasteiger partial charge >= 0.3 is 0 Å². The third-order valence-electron chi connectivity index (χ3n) is 3.38. The lowest BCUT2D eigenvalue weighted by Gasteiger charge is -2.14. The van der Waals surface area contributed by atoms with Gasteiger partial charge < -0.3 is 9.84 Å². The van der Waals surface area contributed by atoms with Gasteiger partial charge in [0, 0.05) is 4.47 Å². The highest BCUT2D eigenvalue weighted by molar-refractivity contribution is 9.10. The van der Waals surface area contributed by atoms with Gasteiger partial charge in [0.05, 0.1) is 6.10 Å². The molecule has 0 saturated heterocycles. The lowest BCUT2D eigenvalue weighted by Crippen LogP contribution is -2.02. The van der Waals surface area contributed by atoms with Crippen LogP contribution in [0.4, 0.5) is 0 Å². The highest BCUT2D eigenvalue weighted by Crippen LogP contribution is 2.31. The molecule has 2 aromatic carbocycles. The summed E-state index contributed by atoms with van der Waals surface area (Å²) < 4.78 is 6.76. The van der Waals surface area contributed by atoms with Gasteiger partial charge in [0.1, 0.15) is 11.9 Å². The molecule has 0 radical (unpaired) electrons. The second kappa shape index (κ2) is 5.58. The lowest BCUT2D eigenvalue weighted by atomic mass is 10.00. The first-order chi connectivity index (χ1) is 9.61. The van der Waals surface area contributed by atoms with Gasteiger partial charge in [0.25, 0.3) is 0 Å². The predicted octanol–water partition coefficient (Wildman–Crippen LogP) is 4.38. The van der Waals surface area contributed by atoms with Gasteiger partial charge in [0.2, 0.25) is 0 Å². The van der Waals surface area contributed by atoms with Crippen molar-refractivity contribution in [3.63, 3.8) is 0 Å². The average molecular weight is 333 g/mol. The van der Waals surface area contributed by atoms with Crippen LogP contribution in [0.3, 0.4) is 0 Å². The van der Waals surface area contributed by atoms with Crippen molar-refractivity contribution in [2.45, 2.75) is 32.0 Å². The Kier molecular flexibility index (Phi) is 3.81. The molecule has 0 bridgehead atoms. The van der Waals surface area contributed by atoms with Crippen molar-refractivity contribution in [3.8, 4) is 5.75 Å². The summed E-state index contributed by atoms with van der Waals surface area (Å²) in [6, 6.07) is 13.7. The van der Waals surface area contributed by atoms with Crippen LogP contribution in [-0.4, -0.2) is 11.2 Å². The SMILES string of the molecule is Cc1cc(Br)cc(C(O)c2cccc(OC3CC3)c2)c1. The molecule has 0 amide bonds. The number of rotatable bonds is 4. The molecule has 1 N–H and O–H groups in total. The van der Waals surface area contributed by atoms with E-state index in [1.165, 1.54) is 0 Å². The van der Waals surface area contributed by atoms with Gasteiger partial charge in [-0.1, -0.05) is 34.1 Å².